The fourth-order valence-corrected chi connectivity index (χ4v) is 5.48. The van der Waals surface area contributed by atoms with Crippen LogP contribution in [0.15, 0.2) is 42.5 Å². The van der Waals surface area contributed by atoms with E-state index in [0.717, 1.165) is 43.9 Å². The van der Waals surface area contributed by atoms with E-state index in [9.17, 15) is 26.4 Å². The Morgan fingerprint density at radius 1 is 1.06 bits per heavy atom. The summed E-state index contributed by atoms with van der Waals surface area (Å²) < 4.78 is 74.3. The molecule has 0 aliphatic carbocycles. The van der Waals surface area contributed by atoms with E-state index in [0.29, 0.717) is 12.0 Å². The number of alkyl halides is 3. The number of nitrogens with one attached hydrogen (secondary N) is 1. The molecule has 0 fully saturated rings. The Morgan fingerprint density at radius 2 is 1.71 bits per heavy atom. The average Bonchev–Trinajstić information content (AvgIpc) is 2.77. The Labute approximate surface area is 204 Å². The molecule has 0 aliphatic rings. The SMILES string of the molecule is CCCCCCC(C(C)C)S(=O)(=O)Nc1ccc(C(F)(F)F)cc1OCc1ccc(C(=O)O)cc1. The number of aromatic carboxylic acids is 1. The molecule has 0 spiro atoms. The van der Waals surface area contributed by atoms with Gasteiger partial charge in [-0.2, -0.15) is 13.2 Å². The third-order valence-corrected chi connectivity index (χ3v) is 7.72. The zero-order valence-electron chi connectivity index (χ0n) is 20.1. The number of ether oxygens (including phenoxy) is 1. The lowest BCUT2D eigenvalue weighted by Crippen LogP contribution is -2.32. The first-order valence-electron chi connectivity index (χ1n) is 11.5. The number of unbranched alkanes of at least 4 members (excludes halogenated alkanes) is 3. The number of carbonyl (C=O) groups is 1. The molecule has 0 saturated carbocycles. The van der Waals surface area contributed by atoms with Crippen LogP contribution in [-0.2, 0) is 22.8 Å². The number of halogens is 3. The molecule has 2 aromatic carbocycles. The number of carboxylic acids is 1. The van der Waals surface area contributed by atoms with Crippen molar-refractivity contribution in [3.63, 3.8) is 0 Å². The van der Waals surface area contributed by atoms with Crippen molar-refractivity contribution in [1.82, 2.24) is 0 Å². The van der Waals surface area contributed by atoms with Crippen molar-refractivity contribution in [1.29, 1.82) is 0 Å². The molecule has 0 bridgehead atoms. The maximum Gasteiger partial charge on any atom is 0.416 e. The fourth-order valence-electron chi connectivity index (χ4n) is 3.66. The molecule has 0 aromatic heterocycles. The zero-order chi connectivity index (χ0) is 26.2. The van der Waals surface area contributed by atoms with E-state index in [1.165, 1.54) is 24.3 Å². The highest BCUT2D eigenvalue weighted by molar-refractivity contribution is 7.93. The number of hydrogen-bond acceptors (Lipinski definition) is 4. The van der Waals surface area contributed by atoms with Crippen LogP contribution in [0.5, 0.6) is 5.75 Å². The Hall–Kier alpha value is -2.75. The molecule has 2 aromatic rings. The summed E-state index contributed by atoms with van der Waals surface area (Å²) in [6, 6.07) is 8.27. The predicted molar refractivity (Wildman–Crippen MR) is 129 cm³/mol. The van der Waals surface area contributed by atoms with E-state index in [2.05, 4.69) is 11.6 Å². The number of benzene rings is 2. The van der Waals surface area contributed by atoms with E-state index in [4.69, 9.17) is 9.84 Å². The first-order chi connectivity index (χ1) is 16.3. The van der Waals surface area contributed by atoms with Crippen molar-refractivity contribution < 1.29 is 36.2 Å². The van der Waals surface area contributed by atoms with Gasteiger partial charge in [0, 0.05) is 0 Å². The highest BCUT2D eigenvalue weighted by Crippen LogP contribution is 2.36. The van der Waals surface area contributed by atoms with Crippen LogP contribution in [-0.4, -0.2) is 24.7 Å². The van der Waals surface area contributed by atoms with E-state index < -0.39 is 33.0 Å². The molecule has 1 unspecified atom stereocenters. The van der Waals surface area contributed by atoms with Gasteiger partial charge >= 0.3 is 12.1 Å². The van der Waals surface area contributed by atoms with Crippen LogP contribution in [0.25, 0.3) is 0 Å². The highest BCUT2D eigenvalue weighted by Gasteiger charge is 2.33. The second kappa shape index (κ2) is 12.3. The van der Waals surface area contributed by atoms with Crippen molar-refractivity contribution in [2.75, 3.05) is 4.72 Å². The molecule has 0 heterocycles. The van der Waals surface area contributed by atoms with Crippen LogP contribution in [0.3, 0.4) is 0 Å². The minimum Gasteiger partial charge on any atom is -0.487 e. The third-order valence-electron chi connectivity index (χ3n) is 5.64. The molecule has 6 nitrogen and oxygen atoms in total. The molecular formula is C25H32F3NO5S. The Kier molecular flexibility index (Phi) is 10.00. The molecule has 1 atom stereocenters. The molecule has 0 amide bonds. The van der Waals surface area contributed by atoms with Gasteiger partial charge in [0.15, 0.2) is 0 Å². The first kappa shape index (κ1) is 28.5. The first-order valence-corrected chi connectivity index (χ1v) is 13.1. The van der Waals surface area contributed by atoms with Crippen LogP contribution in [0.2, 0.25) is 0 Å². The van der Waals surface area contributed by atoms with E-state index in [1.54, 1.807) is 13.8 Å². The van der Waals surface area contributed by atoms with Crippen molar-refractivity contribution >= 4 is 21.7 Å². The fraction of sp³-hybridized carbons (Fsp3) is 0.480. The normalized spacial score (nSPS) is 13.0. The van der Waals surface area contributed by atoms with Gasteiger partial charge in [-0.15, -0.1) is 0 Å². The second-order valence-corrected chi connectivity index (χ2v) is 10.7. The molecular weight excluding hydrogens is 483 g/mol. The van der Waals surface area contributed by atoms with Crippen LogP contribution in [0, 0.1) is 5.92 Å². The van der Waals surface area contributed by atoms with E-state index in [1.807, 2.05) is 0 Å². The van der Waals surface area contributed by atoms with Crippen LogP contribution in [0.1, 0.15) is 74.4 Å². The lowest BCUT2D eigenvalue weighted by atomic mass is 10.0. The van der Waals surface area contributed by atoms with Crippen molar-refractivity contribution in [2.45, 2.75) is 70.9 Å². The number of rotatable bonds is 13. The quantitative estimate of drug-likeness (QED) is 0.289. The topological polar surface area (TPSA) is 92.7 Å². The average molecular weight is 516 g/mol. The predicted octanol–water partition coefficient (Wildman–Crippen LogP) is 6.72. The molecule has 2 N–H and O–H groups in total. The molecule has 0 radical (unpaired) electrons. The lowest BCUT2D eigenvalue weighted by molar-refractivity contribution is -0.137. The van der Waals surface area contributed by atoms with Crippen LogP contribution >= 0.6 is 0 Å². The third kappa shape index (κ3) is 8.45. The van der Waals surface area contributed by atoms with Gasteiger partial charge in [0.1, 0.15) is 12.4 Å². The van der Waals surface area contributed by atoms with Gasteiger partial charge in [0.25, 0.3) is 0 Å². The molecule has 10 heteroatoms. The number of carboxylic acid groups (broad SMARTS) is 1. The Balaban J connectivity index is 2.29. The zero-order valence-corrected chi connectivity index (χ0v) is 20.9. The van der Waals surface area contributed by atoms with Crippen molar-refractivity contribution in [3.05, 3.63) is 59.2 Å². The van der Waals surface area contributed by atoms with Gasteiger partial charge in [-0.05, 0) is 48.2 Å². The van der Waals surface area contributed by atoms with Gasteiger partial charge in [-0.25, -0.2) is 13.2 Å². The summed E-state index contributed by atoms with van der Waals surface area (Å²) in [5.41, 5.74) is -0.492. The molecule has 194 valence electrons. The Morgan fingerprint density at radius 3 is 2.26 bits per heavy atom. The Bertz CT molecular complexity index is 1080. The summed E-state index contributed by atoms with van der Waals surface area (Å²) >= 11 is 0. The van der Waals surface area contributed by atoms with Crippen molar-refractivity contribution in [2.24, 2.45) is 5.92 Å². The summed E-state index contributed by atoms with van der Waals surface area (Å²) in [7, 11) is -3.91. The minimum atomic E-state index is -4.64. The number of hydrogen-bond donors (Lipinski definition) is 2. The summed E-state index contributed by atoms with van der Waals surface area (Å²) in [6.07, 6.45) is -0.533. The number of sulfonamides is 1. The second-order valence-electron chi connectivity index (χ2n) is 8.78. The van der Waals surface area contributed by atoms with Gasteiger partial charge < -0.3 is 9.84 Å². The van der Waals surface area contributed by atoms with Gasteiger partial charge in [0.05, 0.1) is 22.1 Å². The maximum atomic E-state index is 13.3. The van der Waals surface area contributed by atoms with Crippen LogP contribution < -0.4 is 9.46 Å². The van der Waals surface area contributed by atoms with Gasteiger partial charge in [-0.3, -0.25) is 4.72 Å². The van der Waals surface area contributed by atoms with Gasteiger partial charge in [-0.1, -0.05) is 58.6 Å². The highest BCUT2D eigenvalue weighted by atomic mass is 32.2. The summed E-state index contributed by atoms with van der Waals surface area (Å²) in [6.45, 7) is 5.48. The maximum absolute atomic E-state index is 13.3. The molecule has 0 saturated heterocycles. The number of anilines is 1. The summed E-state index contributed by atoms with van der Waals surface area (Å²) in [5, 5.41) is 8.29. The minimum absolute atomic E-state index is 0.0555. The van der Waals surface area contributed by atoms with Crippen LogP contribution in [0.4, 0.5) is 18.9 Å². The summed E-state index contributed by atoms with van der Waals surface area (Å²) in [4.78, 5) is 11.0. The lowest BCUT2D eigenvalue weighted by Gasteiger charge is -2.23. The molecule has 2 rings (SSSR count). The molecule has 0 aliphatic heterocycles. The smallest absolute Gasteiger partial charge is 0.416 e. The van der Waals surface area contributed by atoms with E-state index >= 15 is 0 Å². The summed E-state index contributed by atoms with van der Waals surface area (Å²) in [5.74, 6) is -1.57. The standard InChI is InChI=1S/C25H32F3NO5S/c1-4-5-6-7-8-23(17(2)3)35(32,33)29-21-14-13-20(25(26,27)28)15-22(21)34-16-18-9-11-19(12-10-18)24(30)31/h9-15,17,23,29H,4-8,16H2,1-3H3,(H,30,31). The van der Waals surface area contributed by atoms with E-state index in [-0.39, 0.29) is 29.5 Å². The monoisotopic (exact) mass is 515 g/mol. The largest absolute Gasteiger partial charge is 0.487 e. The van der Waals surface area contributed by atoms with Crippen molar-refractivity contribution in [3.8, 4) is 5.75 Å². The van der Waals surface area contributed by atoms with Gasteiger partial charge in [0.2, 0.25) is 10.0 Å². The molecule has 35 heavy (non-hydrogen) atoms.